The van der Waals surface area contributed by atoms with Gasteiger partial charge in [0.05, 0.1) is 21.7 Å². The van der Waals surface area contributed by atoms with E-state index in [1.807, 2.05) is 30.3 Å². The standard InChI is InChI=1S/C17H16Cl2N2O3/c18-11-7-4-8-12(19)14(11)17(24)21-13(15(22)16(20)23)9-10-5-2-1-3-6-10/h1-8,13,15,22H,9H2,(H2,20,23)(H,21,24)/t13-,15?/m0/s1. The summed E-state index contributed by atoms with van der Waals surface area (Å²) in [5.74, 6) is -1.52. The van der Waals surface area contributed by atoms with Gasteiger partial charge in [-0.25, -0.2) is 0 Å². The molecule has 0 aliphatic heterocycles. The van der Waals surface area contributed by atoms with E-state index in [0.29, 0.717) is 0 Å². The number of amides is 2. The molecule has 0 bridgehead atoms. The Bertz CT molecular complexity index is 718. The fourth-order valence-corrected chi connectivity index (χ4v) is 2.83. The van der Waals surface area contributed by atoms with Crippen molar-refractivity contribution in [1.29, 1.82) is 0 Å². The predicted octanol–water partition coefficient (Wildman–Crippen LogP) is 2.18. The lowest BCUT2D eigenvalue weighted by molar-refractivity contribution is -0.127. The molecule has 4 N–H and O–H groups in total. The number of nitrogens with one attached hydrogen (secondary N) is 1. The third kappa shape index (κ3) is 4.47. The van der Waals surface area contributed by atoms with Gasteiger partial charge in [-0.05, 0) is 24.1 Å². The van der Waals surface area contributed by atoms with Gasteiger partial charge in [0.2, 0.25) is 5.91 Å². The summed E-state index contributed by atoms with van der Waals surface area (Å²) < 4.78 is 0. The summed E-state index contributed by atoms with van der Waals surface area (Å²) in [5.41, 5.74) is 6.08. The van der Waals surface area contributed by atoms with Crippen molar-refractivity contribution in [3.05, 3.63) is 69.7 Å². The first-order chi connectivity index (χ1) is 11.4. The van der Waals surface area contributed by atoms with E-state index in [9.17, 15) is 14.7 Å². The molecule has 0 spiro atoms. The minimum absolute atomic E-state index is 0.0792. The molecule has 5 nitrogen and oxygen atoms in total. The molecule has 2 rings (SSSR count). The van der Waals surface area contributed by atoms with Crippen LogP contribution in [-0.4, -0.2) is 29.1 Å². The third-order valence-electron chi connectivity index (χ3n) is 3.48. The van der Waals surface area contributed by atoms with Crippen LogP contribution in [0.1, 0.15) is 15.9 Å². The molecule has 0 saturated heterocycles. The number of rotatable bonds is 6. The number of halogens is 2. The Morgan fingerprint density at radius 3 is 2.17 bits per heavy atom. The number of hydrogen-bond acceptors (Lipinski definition) is 3. The monoisotopic (exact) mass is 366 g/mol. The lowest BCUT2D eigenvalue weighted by Crippen LogP contribution is -2.50. The maximum absolute atomic E-state index is 12.5. The fourth-order valence-electron chi connectivity index (χ4n) is 2.26. The molecule has 0 aliphatic carbocycles. The van der Waals surface area contributed by atoms with Crippen molar-refractivity contribution in [2.45, 2.75) is 18.6 Å². The number of carbonyl (C=O) groups excluding carboxylic acids is 2. The average Bonchev–Trinajstić information content (AvgIpc) is 2.54. The van der Waals surface area contributed by atoms with Gasteiger partial charge in [0.15, 0.2) is 6.10 Å². The molecule has 7 heteroatoms. The van der Waals surface area contributed by atoms with Gasteiger partial charge in [-0.1, -0.05) is 59.6 Å². The van der Waals surface area contributed by atoms with E-state index in [1.165, 1.54) is 12.1 Å². The van der Waals surface area contributed by atoms with Crippen LogP contribution in [0, 0.1) is 0 Å². The zero-order valence-electron chi connectivity index (χ0n) is 12.6. The molecule has 126 valence electrons. The maximum atomic E-state index is 12.5. The zero-order chi connectivity index (χ0) is 17.7. The number of nitrogens with two attached hydrogens (primary N) is 1. The van der Waals surface area contributed by atoms with Gasteiger partial charge in [-0.15, -0.1) is 0 Å². The molecule has 1 unspecified atom stereocenters. The number of aliphatic hydroxyl groups excluding tert-OH is 1. The molecule has 2 aromatic carbocycles. The topological polar surface area (TPSA) is 92.4 Å². The van der Waals surface area contributed by atoms with Crippen LogP contribution in [0.25, 0.3) is 0 Å². The Kier molecular flexibility index (Phi) is 6.20. The number of aliphatic hydroxyl groups is 1. The summed E-state index contributed by atoms with van der Waals surface area (Å²) in [6, 6.07) is 12.9. The predicted molar refractivity (Wildman–Crippen MR) is 93.1 cm³/mol. The molecule has 0 radical (unpaired) electrons. The first-order valence-corrected chi connectivity index (χ1v) is 7.92. The summed E-state index contributed by atoms with van der Waals surface area (Å²) in [7, 11) is 0. The van der Waals surface area contributed by atoms with Crippen LogP contribution in [0.15, 0.2) is 48.5 Å². The van der Waals surface area contributed by atoms with Crippen molar-refractivity contribution >= 4 is 35.0 Å². The van der Waals surface area contributed by atoms with Crippen LogP contribution in [0.5, 0.6) is 0 Å². The van der Waals surface area contributed by atoms with Crippen LogP contribution in [0.2, 0.25) is 10.0 Å². The summed E-state index contributed by atoms with van der Waals surface area (Å²) >= 11 is 12.0. The van der Waals surface area contributed by atoms with E-state index in [-0.39, 0.29) is 22.0 Å². The zero-order valence-corrected chi connectivity index (χ0v) is 14.1. The Morgan fingerprint density at radius 2 is 1.62 bits per heavy atom. The van der Waals surface area contributed by atoms with Gasteiger partial charge in [0.1, 0.15) is 0 Å². The number of benzene rings is 2. The van der Waals surface area contributed by atoms with E-state index in [4.69, 9.17) is 28.9 Å². The lowest BCUT2D eigenvalue weighted by atomic mass is 10.00. The highest BCUT2D eigenvalue weighted by molar-refractivity contribution is 6.39. The minimum Gasteiger partial charge on any atom is -0.381 e. The van der Waals surface area contributed by atoms with Gasteiger partial charge in [-0.3, -0.25) is 9.59 Å². The van der Waals surface area contributed by atoms with Gasteiger partial charge >= 0.3 is 0 Å². The largest absolute Gasteiger partial charge is 0.381 e. The van der Waals surface area contributed by atoms with Crippen LogP contribution >= 0.6 is 23.2 Å². The second kappa shape index (κ2) is 8.15. The average molecular weight is 367 g/mol. The Hall–Kier alpha value is -2.08. The SMILES string of the molecule is NC(=O)C(O)[C@H](Cc1ccccc1)NC(=O)c1c(Cl)cccc1Cl. The van der Waals surface area contributed by atoms with Crippen LogP contribution in [0.4, 0.5) is 0 Å². The van der Waals surface area contributed by atoms with Crippen LogP contribution in [-0.2, 0) is 11.2 Å². The third-order valence-corrected chi connectivity index (χ3v) is 4.11. The first-order valence-electron chi connectivity index (χ1n) is 7.16. The van der Waals surface area contributed by atoms with E-state index >= 15 is 0 Å². The Labute approximate surface area is 149 Å². The van der Waals surface area contributed by atoms with E-state index in [2.05, 4.69) is 5.32 Å². The molecular weight excluding hydrogens is 351 g/mol. The van der Waals surface area contributed by atoms with Crippen molar-refractivity contribution in [2.75, 3.05) is 0 Å². The van der Waals surface area contributed by atoms with Crippen molar-refractivity contribution in [1.82, 2.24) is 5.32 Å². The number of primary amides is 1. The van der Waals surface area contributed by atoms with E-state index in [0.717, 1.165) is 5.56 Å². The van der Waals surface area contributed by atoms with Crippen molar-refractivity contribution in [3.63, 3.8) is 0 Å². The minimum atomic E-state index is -1.55. The highest BCUT2D eigenvalue weighted by Gasteiger charge is 2.27. The fraction of sp³-hybridized carbons (Fsp3) is 0.176. The lowest BCUT2D eigenvalue weighted by Gasteiger charge is -2.23. The summed E-state index contributed by atoms with van der Waals surface area (Å²) in [6.45, 7) is 0. The molecule has 2 amide bonds. The highest BCUT2D eigenvalue weighted by Crippen LogP contribution is 2.24. The summed E-state index contributed by atoms with van der Waals surface area (Å²) in [5, 5.41) is 13.0. The van der Waals surface area contributed by atoms with E-state index in [1.54, 1.807) is 6.07 Å². The first kappa shape index (κ1) is 18.3. The highest BCUT2D eigenvalue weighted by atomic mass is 35.5. The Balaban J connectivity index is 2.24. The molecule has 0 aromatic heterocycles. The second-order valence-electron chi connectivity index (χ2n) is 5.21. The summed E-state index contributed by atoms with van der Waals surface area (Å²) in [6.07, 6.45) is -1.32. The molecular formula is C17H16Cl2N2O3. The molecule has 0 saturated carbocycles. The van der Waals surface area contributed by atoms with Gasteiger partial charge in [-0.2, -0.15) is 0 Å². The molecule has 2 aromatic rings. The quantitative estimate of drug-likeness (QED) is 0.731. The van der Waals surface area contributed by atoms with Gasteiger partial charge in [0, 0.05) is 0 Å². The smallest absolute Gasteiger partial charge is 0.254 e. The van der Waals surface area contributed by atoms with Crippen molar-refractivity contribution in [3.8, 4) is 0 Å². The number of carbonyl (C=O) groups is 2. The van der Waals surface area contributed by atoms with Gasteiger partial charge < -0.3 is 16.2 Å². The molecule has 0 fully saturated rings. The maximum Gasteiger partial charge on any atom is 0.254 e. The van der Waals surface area contributed by atoms with Crippen LogP contribution in [0.3, 0.4) is 0 Å². The Morgan fingerprint density at radius 1 is 1.04 bits per heavy atom. The number of hydrogen-bond donors (Lipinski definition) is 3. The van der Waals surface area contributed by atoms with E-state index < -0.39 is 24.0 Å². The molecule has 0 heterocycles. The molecule has 24 heavy (non-hydrogen) atoms. The van der Waals surface area contributed by atoms with Crippen molar-refractivity contribution < 1.29 is 14.7 Å². The second-order valence-corrected chi connectivity index (χ2v) is 6.03. The van der Waals surface area contributed by atoms with Crippen LogP contribution < -0.4 is 11.1 Å². The van der Waals surface area contributed by atoms with Crippen molar-refractivity contribution in [2.24, 2.45) is 5.73 Å². The summed E-state index contributed by atoms with van der Waals surface area (Å²) in [4.78, 5) is 23.8. The molecule has 0 aliphatic rings. The van der Waals surface area contributed by atoms with Gasteiger partial charge in [0.25, 0.3) is 5.91 Å². The normalized spacial score (nSPS) is 13.1. The molecule has 2 atom stereocenters.